The molecule has 7 nitrogen and oxygen atoms in total. The molecule has 1 aromatic carbocycles. The van der Waals surface area contributed by atoms with Gasteiger partial charge in [0.2, 0.25) is 0 Å². The zero-order valence-electron chi connectivity index (χ0n) is 15.7. The topological polar surface area (TPSA) is 94.1 Å². The number of aromatic nitrogens is 3. The number of aromatic hydroxyl groups is 1. The summed E-state index contributed by atoms with van der Waals surface area (Å²) in [5.41, 5.74) is 4.44. The summed E-state index contributed by atoms with van der Waals surface area (Å²) in [5.74, 6) is 0.207. The molecule has 0 aliphatic carbocycles. The van der Waals surface area contributed by atoms with Gasteiger partial charge in [0.05, 0.1) is 22.3 Å². The van der Waals surface area contributed by atoms with E-state index in [0.717, 1.165) is 28.8 Å². The lowest BCUT2D eigenvalue weighted by Gasteiger charge is -2.32. The van der Waals surface area contributed by atoms with Gasteiger partial charge in [-0.2, -0.15) is 5.10 Å². The Morgan fingerprint density at radius 2 is 2.11 bits per heavy atom. The van der Waals surface area contributed by atoms with Gasteiger partial charge >= 0.3 is 0 Å². The zero-order chi connectivity index (χ0) is 19.1. The molecule has 3 N–H and O–H groups in total. The minimum atomic E-state index is -0.00192. The number of carbonyl (C=O) groups is 1. The van der Waals surface area contributed by atoms with E-state index in [1.165, 1.54) is 0 Å². The molecule has 4 rings (SSSR count). The molecule has 0 bridgehead atoms. The molecule has 0 saturated carbocycles. The Balaban J connectivity index is 1.85. The third-order valence-corrected chi connectivity index (χ3v) is 5.08. The summed E-state index contributed by atoms with van der Waals surface area (Å²) in [4.78, 5) is 19.9. The van der Waals surface area contributed by atoms with Crippen molar-refractivity contribution in [2.45, 2.75) is 26.8 Å². The van der Waals surface area contributed by atoms with Gasteiger partial charge in [0.15, 0.2) is 5.65 Å². The molecule has 0 unspecified atom stereocenters. The number of piperazine rings is 1. The Kier molecular flexibility index (Phi) is 4.31. The summed E-state index contributed by atoms with van der Waals surface area (Å²) < 4.78 is 0. The van der Waals surface area contributed by atoms with Gasteiger partial charge in [-0.15, -0.1) is 0 Å². The molecule has 0 radical (unpaired) electrons. The van der Waals surface area contributed by atoms with E-state index in [1.807, 2.05) is 30.9 Å². The SMILES string of the molecule is Cc1cc(O)ccc1-c1cc(C(=O)N2CCN[C@@H](C)C2)c2c(C)n[nH]c2n1. The molecule has 3 aromatic rings. The van der Waals surface area contributed by atoms with E-state index in [4.69, 9.17) is 0 Å². The highest BCUT2D eigenvalue weighted by Gasteiger charge is 2.25. The summed E-state index contributed by atoms with van der Waals surface area (Å²) >= 11 is 0. The fraction of sp³-hybridized carbons (Fsp3) is 0.350. The Hall–Kier alpha value is -2.93. The number of hydrogen-bond donors (Lipinski definition) is 3. The first-order valence-corrected chi connectivity index (χ1v) is 9.12. The number of fused-ring (bicyclic) bond motifs is 1. The number of rotatable bonds is 2. The summed E-state index contributed by atoms with van der Waals surface area (Å²) in [6, 6.07) is 7.26. The van der Waals surface area contributed by atoms with Crippen LogP contribution in [0, 0.1) is 13.8 Å². The first kappa shape index (κ1) is 17.5. The fourth-order valence-electron chi connectivity index (χ4n) is 3.71. The van der Waals surface area contributed by atoms with Crippen molar-refractivity contribution in [2.24, 2.45) is 0 Å². The molecule has 1 aliphatic rings. The number of hydrogen-bond acceptors (Lipinski definition) is 5. The average Bonchev–Trinajstić information content (AvgIpc) is 3.01. The van der Waals surface area contributed by atoms with Crippen molar-refractivity contribution in [1.82, 2.24) is 25.4 Å². The van der Waals surface area contributed by atoms with Crippen molar-refractivity contribution in [3.63, 3.8) is 0 Å². The van der Waals surface area contributed by atoms with Crippen molar-refractivity contribution in [3.8, 4) is 17.0 Å². The number of aromatic amines is 1. The number of H-pyrrole nitrogens is 1. The molecule has 1 atom stereocenters. The van der Waals surface area contributed by atoms with Gasteiger partial charge in [-0.05, 0) is 50.6 Å². The Morgan fingerprint density at radius 1 is 1.30 bits per heavy atom. The van der Waals surface area contributed by atoms with Crippen LogP contribution in [0.5, 0.6) is 5.75 Å². The summed E-state index contributed by atoms with van der Waals surface area (Å²) in [7, 11) is 0. The monoisotopic (exact) mass is 365 g/mol. The normalized spacial score (nSPS) is 17.4. The maximum absolute atomic E-state index is 13.3. The molecular formula is C20H23N5O2. The molecule has 1 aliphatic heterocycles. The van der Waals surface area contributed by atoms with E-state index in [0.29, 0.717) is 30.0 Å². The second-order valence-electron chi connectivity index (χ2n) is 7.19. The van der Waals surface area contributed by atoms with Crippen LogP contribution in [0.3, 0.4) is 0 Å². The lowest BCUT2D eigenvalue weighted by atomic mass is 10.0. The number of aryl methyl sites for hydroxylation is 2. The number of nitrogens with one attached hydrogen (secondary N) is 2. The van der Waals surface area contributed by atoms with Crippen molar-refractivity contribution in [2.75, 3.05) is 19.6 Å². The zero-order valence-corrected chi connectivity index (χ0v) is 15.7. The van der Waals surface area contributed by atoms with Gasteiger partial charge in [0, 0.05) is 31.2 Å². The van der Waals surface area contributed by atoms with Gasteiger partial charge in [-0.1, -0.05) is 0 Å². The van der Waals surface area contributed by atoms with Gasteiger partial charge < -0.3 is 15.3 Å². The van der Waals surface area contributed by atoms with E-state index in [1.54, 1.807) is 12.1 Å². The van der Waals surface area contributed by atoms with Crippen LogP contribution in [0.2, 0.25) is 0 Å². The van der Waals surface area contributed by atoms with E-state index in [-0.39, 0.29) is 17.7 Å². The van der Waals surface area contributed by atoms with Crippen LogP contribution in [0.15, 0.2) is 24.3 Å². The van der Waals surface area contributed by atoms with Crippen LogP contribution < -0.4 is 5.32 Å². The highest BCUT2D eigenvalue weighted by atomic mass is 16.3. The van der Waals surface area contributed by atoms with E-state index >= 15 is 0 Å². The molecule has 1 saturated heterocycles. The standard InChI is InChI=1S/C20H23N5O2/c1-11-8-14(26)4-5-15(11)17-9-16(18-13(3)23-24-19(18)22-17)20(27)25-7-6-21-12(2)10-25/h4-5,8-9,12,21,26H,6-7,10H2,1-3H3,(H,22,23,24)/t12-/m0/s1. The molecule has 1 fully saturated rings. The maximum Gasteiger partial charge on any atom is 0.254 e. The van der Waals surface area contributed by atoms with Crippen LogP contribution in [0.4, 0.5) is 0 Å². The summed E-state index contributed by atoms with van der Waals surface area (Å²) in [6.07, 6.45) is 0. The van der Waals surface area contributed by atoms with Gasteiger partial charge in [0.1, 0.15) is 5.75 Å². The molecule has 140 valence electrons. The average molecular weight is 365 g/mol. The maximum atomic E-state index is 13.3. The minimum Gasteiger partial charge on any atom is -0.508 e. The number of phenolic OH excluding ortho intramolecular Hbond substituents is 1. The number of benzene rings is 1. The largest absolute Gasteiger partial charge is 0.508 e. The van der Waals surface area contributed by atoms with E-state index < -0.39 is 0 Å². The van der Waals surface area contributed by atoms with Crippen LogP contribution in [0.25, 0.3) is 22.3 Å². The van der Waals surface area contributed by atoms with Gasteiger partial charge in [0.25, 0.3) is 5.91 Å². The fourth-order valence-corrected chi connectivity index (χ4v) is 3.71. The Morgan fingerprint density at radius 3 is 2.85 bits per heavy atom. The number of amides is 1. The van der Waals surface area contributed by atoms with Crippen LogP contribution >= 0.6 is 0 Å². The number of phenols is 1. The van der Waals surface area contributed by atoms with Crippen molar-refractivity contribution in [3.05, 3.63) is 41.1 Å². The predicted molar refractivity (Wildman–Crippen MR) is 104 cm³/mol. The second kappa shape index (κ2) is 6.66. The second-order valence-corrected chi connectivity index (χ2v) is 7.19. The number of pyridine rings is 1. The predicted octanol–water partition coefficient (Wildman–Crippen LogP) is 2.38. The first-order chi connectivity index (χ1) is 12.9. The van der Waals surface area contributed by atoms with E-state index in [2.05, 4.69) is 27.4 Å². The summed E-state index contributed by atoms with van der Waals surface area (Å²) in [5, 5.41) is 21.0. The molecule has 7 heteroatoms. The first-order valence-electron chi connectivity index (χ1n) is 9.12. The van der Waals surface area contributed by atoms with E-state index in [9.17, 15) is 9.90 Å². The van der Waals surface area contributed by atoms with Crippen LogP contribution in [-0.4, -0.2) is 56.8 Å². The van der Waals surface area contributed by atoms with Crippen molar-refractivity contribution >= 4 is 16.9 Å². The lowest BCUT2D eigenvalue weighted by Crippen LogP contribution is -2.51. The highest BCUT2D eigenvalue weighted by molar-refractivity contribution is 6.07. The quantitative estimate of drug-likeness (QED) is 0.648. The lowest BCUT2D eigenvalue weighted by molar-refractivity contribution is 0.0711. The third-order valence-electron chi connectivity index (χ3n) is 5.08. The Labute approximate surface area is 157 Å². The summed E-state index contributed by atoms with van der Waals surface area (Å²) in [6.45, 7) is 8.01. The number of nitrogens with zero attached hydrogens (tertiary/aromatic N) is 3. The molecule has 3 heterocycles. The van der Waals surface area contributed by atoms with Gasteiger partial charge in [-0.3, -0.25) is 9.89 Å². The van der Waals surface area contributed by atoms with Crippen LogP contribution in [-0.2, 0) is 0 Å². The number of carbonyl (C=O) groups excluding carboxylic acids is 1. The van der Waals surface area contributed by atoms with Crippen molar-refractivity contribution < 1.29 is 9.90 Å². The highest BCUT2D eigenvalue weighted by Crippen LogP contribution is 2.30. The minimum absolute atomic E-state index is 0.00192. The molecular weight excluding hydrogens is 342 g/mol. The smallest absolute Gasteiger partial charge is 0.254 e. The molecule has 0 spiro atoms. The Bertz CT molecular complexity index is 1030. The van der Waals surface area contributed by atoms with Gasteiger partial charge in [-0.25, -0.2) is 4.98 Å². The molecule has 1 amide bonds. The third kappa shape index (κ3) is 3.14. The molecule has 27 heavy (non-hydrogen) atoms. The van der Waals surface area contributed by atoms with Crippen molar-refractivity contribution in [1.29, 1.82) is 0 Å². The molecule has 2 aromatic heterocycles. The van der Waals surface area contributed by atoms with Crippen LogP contribution in [0.1, 0.15) is 28.5 Å².